The minimum absolute atomic E-state index is 0.0333. The van der Waals surface area contributed by atoms with E-state index in [0.717, 1.165) is 16.6 Å². The summed E-state index contributed by atoms with van der Waals surface area (Å²) in [5.41, 5.74) is 2.28. The Morgan fingerprint density at radius 1 is 1.29 bits per heavy atom. The lowest BCUT2D eigenvalue weighted by molar-refractivity contribution is 0.290. The van der Waals surface area contributed by atoms with Crippen molar-refractivity contribution in [3.63, 3.8) is 0 Å². The van der Waals surface area contributed by atoms with Crippen molar-refractivity contribution < 1.29 is 4.42 Å². The predicted octanol–water partition coefficient (Wildman–Crippen LogP) is 4.22. The number of thiocarbonyl (C=S) groups is 1. The zero-order chi connectivity index (χ0) is 16.5. The molecule has 6 heteroatoms. The van der Waals surface area contributed by atoms with Crippen molar-refractivity contribution in [2.45, 2.75) is 25.6 Å². The Kier molecular flexibility index (Phi) is 4.08. The van der Waals surface area contributed by atoms with Crippen molar-refractivity contribution in [3.05, 3.63) is 76.1 Å². The number of furan rings is 1. The Hall–Kier alpha value is -2.18. The minimum Gasteiger partial charge on any atom is -0.467 e. The van der Waals surface area contributed by atoms with Gasteiger partial charge >= 0.3 is 0 Å². The highest BCUT2D eigenvalue weighted by molar-refractivity contribution is 7.80. The third-order valence-electron chi connectivity index (χ3n) is 4.27. The van der Waals surface area contributed by atoms with Crippen molar-refractivity contribution in [2.24, 2.45) is 0 Å². The number of hydrogen-bond acceptors (Lipinski definition) is 4. The number of hydrogen-bond donors (Lipinski definition) is 1. The molecule has 0 saturated carbocycles. The summed E-state index contributed by atoms with van der Waals surface area (Å²) in [5.74, 6) is 0.903. The summed E-state index contributed by atoms with van der Waals surface area (Å²) in [6.45, 7) is 2.79. The molecule has 0 bridgehead atoms. The molecular formula is C18H17N3OS2. The van der Waals surface area contributed by atoms with Crippen LogP contribution in [0.25, 0.3) is 0 Å². The van der Waals surface area contributed by atoms with Crippen LogP contribution >= 0.6 is 23.6 Å². The fourth-order valence-corrected chi connectivity index (χ4v) is 4.50. The zero-order valence-electron chi connectivity index (χ0n) is 13.2. The quantitative estimate of drug-likeness (QED) is 0.710. The molecule has 0 aromatic carbocycles. The standard InChI is InChI=1S/C18H17N3OS2/c1-12-7-10-24-17(12)16-15(14-6-2-3-8-19-14)20-18(23)21(16)11-13-5-4-9-22-13/h2-10,15-16H,11H2,1H3,(H,20,23)/t15-,16-/m0/s1. The van der Waals surface area contributed by atoms with E-state index in [9.17, 15) is 0 Å². The van der Waals surface area contributed by atoms with Crippen molar-refractivity contribution in [3.8, 4) is 0 Å². The van der Waals surface area contributed by atoms with Crippen LogP contribution in [0.3, 0.4) is 0 Å². The summed E-state index contributed by atoms with van der Waals surface area (Å²) in [6, 6.07) is 12.2. The zero-order valence-corrected chi connectivity index (χ0v) is 14.8. The molecule has 4 nitrogen and oxygen atoms in total. The van der Waals surface area contributed by atoms with Gasteiger partial charge in [-0.2, -0.15) is 0 Å². The molecule has 0 spiro atoms. The van der Waals surface area contributed by atoms with Gasteiger partial charge in [0, 0.05) is 11.1 Å². The monoisotopic (exact) mass is 355 g/mol. The number of thiophene rings is 1. The van der Waals surface area contributed by atoms with E-state index in [1.165, 1.54) is 10.4 Å². The fraction of sp³-hybridized carbons (Fsp3) is 0.222. The highest BCUT2D eigenvalue weighted by Crippen LogP contribution is 2.42. The molecule has 3 aromatic rings. The molecule has 0 radical (unpaired) electrons. The van der Waals surface area contributed by atoms with Crippen molar-refractivity contribution >= 4 is 28.7 Å². The first kappa shape index (κ1) is 15.4. The van der Waals surface area contributed by atoms with Gasteiger partial charge in [-0.05, 0) is 60.4 Å². The largest absolute Gasteiger partial charge is 0.467 e. The molecule has 1 aliphatic rings. The number of aromatic nitrogens is 1. The van der Waals surface area contributed by atoms with Crippen LogP contribution in [0, 0.1) is 6.92 Å². The molecule has 0 unspecified atom stereocenters. The molecule has 122 valence electrons. The molecule has 1 N–H and O–H groups in total. The second-order valence-corrected chi connectivity index (χ2v) is 7.14. The lowest BCUT2D eigenvalue weighted by Gasteiger charge is -2.26. The summed E-state index contributed by atoms with van der Waals surface area (Å²) in [4.78, 5) is 8.06. The van der Waals surface area contributed by atoms with Crippen molar-refractivity contribution in [1.29, 1.82) is 0 Å². The number of rotatable bonds is 4. The van der Waals surface area contributed by atoms with E-state index in [1.54, 1.807) is 17.6 Å². The molecule has 2 atom stereocenters. The SMILES string of the molecule is Cc1ccsc1[C@@H]1[C@H](c2ccccn2)NC(=S)N1Cc1ccco1. The topological polar surface area (TPSA) is 41.3 Å². The fourth-order valence-electron chi connectivity index (χ4n) is 3.12. The summed E-state index contributed by atoms with van der Waals surface area (Å²) in [6.07, 6.45) is 3.52. The van der Waals surface area contributed by atoms with E-state index in [1.807, 2.05) is 36.5 Å². The van der Waals surface area contributed by atoms with Gasteiger partial charge in [-0.15, -0.1) is 11.3 Å². The first-order valence-corrected chi connectivity index (χ1v) is 9.07. The summed E-state index contributed by atoms with van der Waals surface area (Å²) in [5, 5.41) is 6.33. The van der Waals surface area contributed by atoms with Crippen LogP contribution in [0.1, 0.15) is 34.0 Å². The lowest BCUT2D eigenvalue weighted by atomic mass is 10.0. The third-order valence-corrected chi connectivity index (χ3v) is 5.72. The van der Waals surface area contributed by atoms with E-state index >= 15 is 0 Å². The smallest absolute Gasteiger partial charge is 0.170 e. The molecule has 0 amide bonds. The van der Waals surface area contributed by atoms with E-state index in [-0.39, 0.29) is 12.1 Å². The van der Waals surface area contributed by atoms with Crippen molar-refractivity contribution in [2.75, 3.05) is 0 Å². The second kappa shape index (κ2) is 6.37. The maximum absolute atomic E-state index is 5.63. The number of pyridine rings is 1. The molecule has 3 aromatic heterocycles. The first-order valence-electron chi connectivity index (χ1n) is 7.78. The Morgan fingerprint density at radius 3 is 2.88 bits per heavy atom. The first-order chi connectivity index (χ1) is 11.7. The van der Waals surface area contributed by atoms with E-state index in [2.05, 4.69) is 33.6 Å². The average Bonchev–Trinajstić information content (AvgIpc) is 3.31. The Bertz CT molecular complexity index is 829. The van der Waals surface area contributed by atoms with Gasteiger partial charge in [0.05, 0.1) is 30.6 Å². The predicted molar refractivity (Wildman–Crippen MR) is 98.8 cm³/mol. The Morgan fingerprint density at radius 2 is 2.21 bits per heavy atom. The lowest BCUT2D eigenvalue weighted by Crippen LogP contribution is -2.28. The third kappa shape index (κ3) is 2.72. The van der Waals surface area contributed by atoms with Crippen LogP contribution in [0.2, 0.25) is 0 Å². The minimum atomic E-state index is 0.0333. The van der Waals surface area contributed by atoms with Gasteiger partial charge in [-0.25, -0.2) is 0 Å². The molecule has 24 heavy (non-hydrogen) atoms. The number of nitrogens with one attached hydrogen (secondary N) is 1. The van der Waals surface area contributed by atoms with Crippen LogP contribution in [-0.2, 0) is 6.54 Å². The summed E-state index contributed by atoms with van der Waals surface area (Å²) >= 11 is 7.40. The summed E-state index contributed by atoms with van der Waals surface area (Å²) < 4.78 is 5.54. The molecule has 4 rings (SSSR count). The van der Waals surface area contributed by atoms with Gasteiger partial charge in [0.15, 0.2) is 5.11 Å². The highest BCUT2D eigenvalue weighted by Gasteiger charge is 2.41. The van der Waals surface area contributed by atoms with Crippen LogP contribution in [0.15, 0.2) is 58.7 Å². The highest BCUT2D eigenvalue weighted by atomic mass is 32.1. The van der Waals surface area contributed by atoms with Crippen molar-refractivity contribution in [1.82, 2.24) is 15.2 Å². The number of aryl methyl sites for hydroxylation is 1. The Balaban J connectivity index is 1.75. The van der Waals surface area contributed by atoms with Crippen LogP contribution in [0.5, 0.6) is 0 Å². The maximum atomic E-state index is 5.63. The molecule has 1 aliphatic heterocycles. The maximum Gasteiger partial charge on any atom is 0.170 e. The summed E-state index contributed by atoms with van der Waals surface area (Å²) in [7, 11) is 0. The van der Waals surface area contributed by atoms with Gasteiger partial charge in [-0.1, -0.05) is 6.07 Å². The number of nitrogens with zero attached hydrogens (tertiary/aromatic N) is 2. The van der Waals surface area contributed by atoms with Gasteiger partial charge in [0.2, 0.25) is 0 Å². The molecule has 1 saturated heterocycles. The average molecular weight is 355 g/mol. The van der Waals surface area contributed by atoms with E-state index in [0.29, 0.717) is 6.54 Å². The van der Waals surface area contributed by atoms with Gasteiger partial charge in [-0.3, -0.25) is 4.98 Å². The molecule has 4 heterocycles. The van der Waals surface area contributed by atoms with Crippen LogP contribution < -0.4 is 5.32 Å². The van der Waals surface area contributed by atoms with Gasteiger partial charge < -0.3 is 14.6 Å². The van der Waals surface area contributed by atoms with E-state index in [4.69, 9.17) is 16.6 Å². The van der Waals surface area contributed by atoms with Crippen LogP contribution in [-0.4, -0.2) is 15.0 Å². The van der Waals surface area contributed by atoms with Crippen LogP contribution in [0.4, 0.5) is 0 Å². The molecule has 0 aliphatic carbocycles. The van der Waals surface area contributed by atoms with Gasteiger partial charge in [0.1, 0.15) is 5.76 Å². The second-order valence-electron chi connectivity index (χ2n) is 5.80. The Labute approximate surface area is 150 Å². The van der Waals surface area contributed by atoms with Gasteiger partial charge in [0.25, 0.3) is 0 Å². The molecule has 1 fully saturated rings. The molecular weight excluding hydrogens is 338 g/mol. The normalized spacial score (nSPS) is 20.4. The van der Waals surface area contributed by atoms with E-state index < -0.39 is 0 Å².